The Kier molecular flexibility index (Phi) is 8.03. The molecule has 6 rings (SSSR count). The highest BCUT2D eigenvalue weighted by Gasteiger charge is 2.45. The van der Waals surface area contributed by atoms with E-state index in [0.29, 0.717) is 6.04 Å². The number of benzene rings is 4. The Morgan fingerprint density at radius 2 is 1.31 bits per heavy atom. The van der Waals surface area contributed by atoms with Crippen molar-refractivity contribution < 1.29 is 4.58 Å². The van der Waals surface area contributed by atoms with Gasteiger partial charge in [0.25, 0.3) is 0 Å². The van der Waals surface area contributed by atoms with Gasteiger partial charge in [-0.05, 0) is 79.9 Å². The Labute approximate surface area is 253 Å². The fourth-order valence-electron chi connectivity index (χ4n) is 7.26. The van der Waals surface area contributed by atoms with Gasteiger partial charge in [-0.25, -0.2) is 0 Å². The van der Waals surface area contributed by atoms with Crippen LogP contribution in [0, 0.1) is 0 Å². The number of hydrogen-bond donors (Lipinski definition) is 0. The van der Waals surface area contributed by atoms with E-state index in [9.17, 15) is 0 Å². The van der Waals surface area contributed by atoms with Crippen molar-refractivity contribution in [3.63, 3.8) is 0 Å². The Bertz CT molecular complexity index is 1760. The van der Waals surface area contributed by atoms with Crippen molar-refractivity contribution in [3.8, 4) is 0 Å². The highest BCUT2D eigenvalue weighted by Crippen LogP contribution is 2.51. The summed E-state index contributed by atoms with van der Waals surface area (Å²) in [5, 5.41) is 5.33. The molecule has 2 heteroatoms. The molecule has 2 aliphatic rings. The van der Waals surface area contributed by atoms with Gasteiger partial charge in [0.1, 0.15) is 6.54 Å². The van der Waals surface area contributed by atoms with Crippen molar-refractivity contribution in [1.29, 1.82) is 0 Å². The van der Waals surface area contributed by atoms with Gasteiger partial charge in [0.2, 0.25) is 5.69 Å². The Balaban J connectivity index is 0.00000173. The maximum atomic E-state index is 2.52. The smallest absolute Gasteiger partial charge is 0.210 e. The first-order chi connectivity index (χ1) is 20.2. The first kappa shape index (κ1) is 29.6. The van der Waals surface area contributed by atoms with E-state index >= 15 is 0 Å². The molecule has 0 N–H and O–H groups in total. The molecule has 2 heterocycles. The van der Waals surface area contributed by atoms with Crippen molar-refractivity contribution >= 4 is 38.6 Å². The maximum absolute atomic E-state index is 2.52. The first-order valence-corrected chi connectivity index (χ1v) is 15.7. The minimum atomic E-state index is -0.0849. The predicted octanol–water partition coefficient (Wildman–Crippen LogP) is 10.6. The molecule has 0 aromatic heterocycles. The van der Waals surface area contributed by atoms with E-state index in [1.165, 1.54) is 55.5 Å². The molecule has 42 heavy (non-hydrogen) atoms. The fraction of sp³-hybridized carbons (Fsp3) is 0.325. The standard InChI is InChI=1S/C38H41N2.C2H6/c1-8-39-31-24-22-27-16-12-14-18-29(27)35(31)37(4,5)33(39)20-10-9-11-21-34-38(6,7)36-30-19-15-13-17-28(30)23-25-32(36)40(34)26(2)3;1-2/h9-26H,8H2,1-7H3;1-2H3/q+1;. The highest BCUT2D eigenvalue weighted by molar-refractivity contribution is 6.07. The Morgan fingerprint density at radius 3 is 1.93 bits per heavy atom. The summed E-state index contributed by atoms with van der Waals surface area (Å²) in [5.41, 5.74) is 8.08. The monoisotopic (exact) mass is 555 g/mol. The number of allylic oxidation sites excluding steroid dienone is 6. The van der Waals surface area contributed by atoms with Crippen molar-refractivity contribution in [2.24, 2.45) is 0 Å². The van der Waals surface area contributed by atoms with Crippen LogP contribution in [0.4, 0.5) is 11.4 Å². The van der Waals surface area contributed by atoms with E-state index < -0.39 is 0 Å². The van der Waals surface area contributed by atoms with E-state index in [0.717, 1.165) is 6.54 Å². The fourth-order valence-corrected chi connectivity index (χ4v) is 7.26. The van der Waals surface area contributed by atoms with E-state index in [2.05, 4.69) is 161 Å². The zero-order chi connectivity index (χ0) is 30.2. The zero-order valence-corrected chi connectivity index (χ0v) is 27.0. The quantitative estimate of drug-likeness (QED) is 0.175. The van der Waals surface area contributed by atoms with Gasteiger partial charge in [0, 0.05) is 40.5 Å². The van der Waals surface area contributed by atoms with Crippen molar-refractivity contribution in [2.75, 3.05) is 11.4 Å². The molecule has 216 valence electrons. The van der Waals surface area contributed by atoms with Gasteiger partial charge >= 0.3 is 0 Å². The molecule has 0 saturated carbocycles. The molecule has 0 unspecified atom stereocenters. The second-order valence-corrected chi connectivity index (χ2v) is 12.5. The molecule has 2 nitrogen and oxygen atoms in total. The largest absolute Gasteiger partial charge is 0.341 e. The molecule has 0 bridgehead atoms. The molecule has 4 aromatic rings. The lowest BCUT2D eigenvalue weighted by molar-refractivity contribution is -0.433. The van der Waals surface area contributed by atoms with E-state index in [-0.39, 0.29) is 10.8 Å². The van der Waals surface area contributed by atoms with Crippen LogP contribution in [-0.2, 0) is 10.8 Å². The number of anilines is 1. The molecule has 4 aromatic carbocycles. The second-order valence-electron chi connectivity index (χ2n) is 12.5. The summed E-state index contributed by atoms with van der Waals surface area (Å²) in [5.74, 6) is 0. The summed E-state index contributed by atoms with van der Waals surface area (Å²) in [6.07, 6.45) is 11.3. The zero-order valence-electron chi connectivity index (χ0n) is 27.0. The summed E-state index contributed by atoms with van der Waals surface area (Å²) in [6.45, 7) is 21.2. The lowest BCUT2D eigenvalue weighted by Gasteiger charge is -2.30. The molecule has 0 radical (unpaired) electrons. The Morgan fingerprint density at radius 1 is 0.714 bits per heavy atom. The average Bonchev–Trinajstić information content (AvgIpc) is 3.36. The first-order valence-electron chi connectivity index (χ1n) is 15.7. The third-order valence-electron chi connectivity index (χ3n) is 9.01. The summed E-state index contributed by atoms with van der Waals surface area (Å²) in [4.78, 5) is 2.52. The summed E-state index contributed by atoms with van der Waals surface area (Å²) < 4.78 is 2.48. The van der Waals surface area contributed by atoms with Gasteiger partial charge < -0.3 is 4.90 Å². The van der Waals surface area contributed by atoms with Crippen LogP contribution in [0.25, 0.3) is 21.5 Å². The molecule has 0 spiro atoms. The van der Waals surface area contributed by atoms with Gasteiger partial charge in [-0.15, -0.1) is 0 Å². The average molecular weight is 556 g/mol. The van der Waals surface area contributed by atoms with Gasteiger partial charge in [0.05, 0.1) is 5.41 Å². The third kappa shape index (κ3) is 4.62. The van der Waals surface area contributed by atoms with Crippen molar-refractivity contribution in [1.82, 2.24) is 0 Å². The molecule has 0 atom stereocenters. The molecular weight excluding hydrogens is 508 g/mol. The molecule has 0 amide bonds. The SMILES string of the molecule is CC.CC[N+]1=C(/C=C/C=C/C=C2/N(C(C)C)c3ccc4ccccc4c3C2(C)C)C(C)(C)c2c1ccc1ccccc21. The Hall–Kier alpha value is -3.91. The molecule has 0 saturated heterocycles. The number of fused-ring (bicyclic) bond motifs is 6. The van der Waals surface area contributed by atoms with Crippen LogP contribution >= 0.6 is 0 Å². The normalized spacial score (nSPS) is 18.0. The van der Waals surface area contributed by atoms with Crippen LogP contribution in [0.2, 0.25) is 0 Å². The number of nitrogens with zero attached hydrogens (tertiary/aromatic N) is 2. The summed E-state index contributed by atoms with van der Waals surface area (Å²) >= 11 is 0. The lowest BCUT2D eigenvalue weighted by Crippen LogP contribution is -2.31. The van der Waals surface area contributed by atoms with Crippen LogP contribution in [0.1, 0.15) is 73.4 Å². The predicted molar refractivity (Wildman–Crippen MR) is 185 cm³/mol. The lowest BCUT2D eigenvalue weighted by atomic mass is 9.79. The van der Waals surface area contributed by atoms with Crippen LogP contribution < -0.4 is 4.90 Å². The number of hydrogen-bond acceptors (Lipinski definition) is 1. The highest BCUT2D eigenvalue weighted by atomic mass is 15.2. The van der Waals surface area contributed by atoms with Gasteiger partial charge in [-0.1, -0.05) is 101 Å². The molecule has 0 aliphatic carbocycles. The van der Waals surface area contributed by atoms with E-state index in [1.807, 2.05) is 13.8 Å². The number of rotatable bonds is 5. The molecule has 0 fully saturated rings. The van der Waals surface area contributed by atoms with Crippen LogP contribution in [0.5, 0.6) is 0 Å². The van der Waals surface area contributed by atoms with E-state index in [1.54, 1.807) is 0 Å². The van der Waals surface area contributed by atoms with Crippen molar-refractivity contribution in [3.05, 3.63) is 120 Å². The molecule has 2 aliphatic heterocycles. The summed E-state index contributed by atoms with van der Waals surface area (Å²) in [6, 6.07) is 27.1. The van der Waals surface area contributed by atoms with Crippen LogP contribution in [-0.4, -0.2) is 22.9 Å². The van der Waals surface area contributed by atoms with Gasteiger partial charge in [-0.2, -0.15) is 4.58 Å². The van der Waals surface area contributed by atoms with Gasteiger partial charge in [0.15, 0.2) is 5.71 Å². The van der Waals surface area contributed by atoms with Crippen molar-refractivity contribution in [2.45, 2.75) is 79.2 Å². The maximum Gasteiger partial charge on any atom is 0.210 e. The topological polar surface area (TPSA) is 6.25 Å². The minimum Gasteiger partial charge on any atom is -0.341 e. The van der Waals surface area contributed by atoms with Gasteiger partial charge in [-0.3, -0.25) is 0 Å². The van der Waals surface area contributed by atoms with E-state index in [4.69, 9.17) is 0 Å². The summed E-state index contributed by atoms with van der Waals surface area (Å²) in [7, 11) is 0. The minimum absolute atomic E-state index is 0.0698. The third-order valence-corrected chi connectivity index (χ3v) is 9.01. The second kappa shape index (κ2) is 11.4. The van der Waals surface area contributed by atoms with Crippen LogP contribution in [0.3, 0.4) is 0 Å². The molecular formula is C40H47N2+. The van der Waals surface area contributed by atoms with Crippen LogP contribution in [0.15, 0.2) is 109 Å².